The van der Waals surface area contributed by atoms with E-state index < -0.39 is 6.04 Å². The molecule has 1 atom stereocenters. The Hall–Kier alpha value is -4.02. The molecule has 0 radical (unpaired) electrons. The maximum absolute atomic E-state index is 13.4. The van der Waals surface area contributed by atoms with E-state index in [1.807, 2.05) is 91.0 Å². The second kappa shape index (κ2) is 9.23. The molecule has 0 spiro atoms. The largest absolute Gasteiger partial charge is 0.291 e. The van der Waals surface area contributed by atoms with E-state index in [0.29, 0.717) is 10.6 Å². The standard InChI is InChI=1S/C28H20ClN3O/c29-24-16-14-21(15-17-24)26-9-5-4-8-25(26)20-10-12-22(13-11-20)27(32-19-30-18-31-32)28(33)23-6-2-1-3-7-23/h1-19,27H. The normalized spacial score (nSPS) is 11.8. The number of nitrogens with zero attached hydrogens (tertiary/aromatic N) is 3. The van der Waals surface area contributed by atoms with Gasteiger partial charge in [-0.3, -0.25) is 4.79 Å². The van der Waals surface area contributed by atoms with Gasteiger partial charge < -0.3 is 0 Å². The molecule has 0 saturated heterocycles. The maximum atomic E-state index is 13.4. The summed E-state index contributed by atoms with van der Waals surface area (Å²) < 4.78 is 1.60. The Kier molecular flexibility index (Phi) is 5.83. The lowest BCUT2D eigenvalue weighted by Crippen LogP contribution is -2.21. The molecule has 160 valence electrons. The van der Waals surface area contributed by atoms with Crippen LogP contribution < -0.4 is 0 Å². The highest BCUT2D eigenvalue weighted by Crippen LogP contribution is 2.33. The fourth-order valence-electron chi connectivity index (χ4n) is 4.00. The van der Waals surface area contributed by atoms with E-state index in [0.717, 1.165) is 27.8 Å². The SMILES string of the molecule is O=C(c1ccccc1)C(c1ccc(-c2ccccc2-c2ccc(Cl)cc2)cc1)n1cncn1. The molecule has 4 aromatic carbocycles. The molecule has 1 unspecified atom stereocenters. The smallest absolute Gasteiger partial charge is 0.191 e. The average Bonchev–Trinajstić information content (AvgIpc) is 3.40. The Morgan fingerprint density at radius 1 is 0.727 bits per heavy atom. The highest BCUT2D eigenvalue weighted by atomic mass is 35.5. The molecule has 0 N–H and O–H groups in total. The second-order valence-corrected chi connectivity index (χ2v) is 8.12. The molecule has 0 aliphatic heterocycles. The van der Waals surface area contributed by atoms with Crippen LogP contribution in [0, 0.1) is 0 Å². The number of carbonyl (C=O) groups is 1. The van der Waals surface area contributed by atoms with E-state index in [4.69, 9.17) is 11.6 Å². The maximum Gasteiger partial charge on any atom is 0.191 e. The van der Waals surface area contributed by atoms with Gasteiger partial charge in [0, 0.05) is 10.6 Å². The van der Waals surface area contributed by atoms with Gasteiger partial charge in [0.2, 0.25) is 0 Å². The number of halogens is 1. The Bertz CT molecular complexity index is 1360. The lowest BCUT2D eigenvalue weighted by molar-refractivity contribution is 0.0939. The zero-order valence-corrected chi connectivity index (χ0v) is 18.4. The van der Waals surface area contributed by atoms with E-state index in [-0.39, 0.29) is 5.78 Å². The first-order valence-electron chi connectivity index (χ1n) is 10.6. The lowest BCUT2D eigenvalue weighted by Gasteiger charge is -2.17. The molecular weight excluding hydrogens is 430 g/mol. The van der Waals surface area contributed by atoms with E-state index in [2.05, 4.69) is 22.2 Å². The Morgan fingerprint density at radius 3 is 1.88 bits per heavy atom. The van der Waals surface area contributed by atoms with Gasteiger partial charge in [0.25, 0.3) is 0 Å². The summed E-state index contributed by atoms with van der Waals surface area (Å²) in [5.41, 5.74) is 5.87. The van der Waals surface area contributed by atoms with Crippen molar-refractivity contribution in [3.8, 4) is 22.3 Å². The molecule has 5 aromatic rings. The summed E-state index contributed by atoms with van der Waals surface area (Å²) in [6.07, 6.45) is 3.03. The molecule has 0 aliphatic rings. The number of rotatable bonds is 6. The van der Waals surface area contributed by atoms with Gasteiger partial charge in [0.05, 0.1) is 0 Å². The third-order valence-electron chi connectivity index (χ3n) is 5.63. The van der Waals surface area contributed by atoms with Crippen LogP contribution in [0.3, 0.4) is 0 Å². The highest BCUT2D eigenvalue weighted by molar-refractivity contribution is 6.30. The fourth-order valence-corrected chi connectivity index (χ4v) is 4.12. The van der Waals surface area contributed by atoms with Crippen LogP contribution in [0.4, 0.5) is 0 Å². The molecule has 0 bridgehead atoms. The quantitative estimate of drug-likeness (QED) is 0.270. The molecule has 1 aromatic heterocycles. The van der Waals surface area contributed by atoms with Crippen LogP contribution in [-0.4, -0.2) is 20.5 Å². The molecule has 5 heteroatoms. The Balaban J connectivity index is 1.53. The zero-order valence-electron chi connectivity index (χ0n) is 17.7. The minimum absolute atomic E-state index is 0.0320. The van der Waals surface area contributed by atoms with E-state index in [9.17, 15) is 4.79 Å². The van der Waals surface area contributed by atoms with Crippen LogP contribution >= 0.6 is 11.6 Å². The van der Waals surface area contributed by atoms with Gasteiger partial charge in [-0.25, -0.2) is 9.67 Å². The van der Waals surface area contributed by atoms with Crippen molar-refractivity contribution in [1.29, 1.82) is 0 Å². The van der Waals surface area contributed by atoms with Gasteiger partial charge in [0.1, 0.15) is 18.7 Å². The molecule has 0 fully saturated rings. The van der Waals surface area contributed by atoms with Crippen molar-refractivity contribution in [2.24, 2.45) is 0 Å². The zero-order chi connectivity index (χ0) is 22.6. The van der Waals surface area contributed by atoms with Gasteiger partial charge >= 0.3 is 0 Å². The fraction of sp³-hybridized carbons (Fsp3) is 0.0357. The van der Waals surface area contributed by atoms with Crippen molar-refractivity contribution >= 4 is 17.4 Å². The van der Waals surface area contributed by atoms with Gasteiger partial charge in [0.15, 0.2) is 5.78 Å². The van der Waals surface area contributed by atoms with Crippen molar-refractivity contribution in [3.63, 3.8) is 0 Å². The number of Topliss-reactive ketones (excluding diaryl/α,β-unsaturated/α-hetero) is 1. The van der Waals surface area contributed by atoms with E-state index in [1.165, 1.54) is 6.33 Å². The van der Waals surface area contributed by atoms with Crippen LogP contribution in [0.15, 0.2) is 116 Å². The molecule has 33 heavy (non-hydrogen) atoms. The Morgan fingerprint density at radius 2 is 1.30 bits per heavy atom. The van der Waals surface area contributed by atoms with Gasteiger partial charge in [-0.05, 0) is 39.9 Å². The van der Waals surface area contributed by atoms with Crippen LogP contribution in [0.5, 0.6) is 0 Å². The van der Waals surface area contributed by atoms with Crippen molar-refractivity contribution in [3.05, 3.63) is 132 Å². The number of aromatic nitrogens is 3. The van der Waals surface area contributed by atoms with Crippen molar-refractivity contribution in [2.45, 2.75) is 6.04 Å². The van der Waals surface area contributed by atoms with Gasteiger partial charge in [-0.15, -0.1) is 0 Å². The van der Waals surface area contributed by atoms with Crippen molar-refractivity contribution in [1.82, 2.24) is 14.8 Å². The number of carbonyl (C=O) groups excluding carboxylic acids is 1. The summed E-state index contributed by atoms with van der Waals surface area (Å²) in [6.45, 7) is 0. The lowest BCUT2D eigenvalue weighted by atomic mass is 9.92. The summed E-state index contributed by atoms with van der Waals surface area (Å²) in [5.74, 6) is -0.0320. The number of ketones is 1. The summed E-state index contributed by atoms with van der Waals surface area (Å²) >= 11 is 6.08. The molecule has 5 rings (SSSR count). The van der Waals surface area contributed by atoms with E-state index in [1.54, 1.807) is 11.0 Å². The monoisotopic (exact) mass is 449 g/mol. The van der Waals surface area contributed by atoms with Crippen LogP contribution in [0.25, 0.3) is 22.3 Å². The first kappa shape index (κ1) is 20.9. The van der Waals surface area contributed by atoms with Crippen LogP contribution in [0.1, 0.15) is 22.0 Å². The van der Waals surface area contributed by atoms with Crippen LogP contribution in [0.2, 0.25) is 5.02 Å². The predicted molar refractivity (Wildman–Crippen MR) is 131 cm³/mol. The molecule has 0 aliphatic carbocycles. The summed E-state index contributed by atoms with van der Waals surface area (Å²) in [7, 11) is 0. The van der Waals surface area contributed by atoms with Crippen LogP contribution in [-0.2, 0) is 0 Å². The molecule has 4 nitrogen and oxygen atoms in total. The molecular formula is C28H20ClN3O. The minimum atomic E-state index is -0.588. The molecule has 1 heterocycles. The third-order valence-corrected chi connectivity index (χ3v) is 5.88. The van der Waals surface area contributed by atoms with E-state index >= 15 is 0 Å². The van der Waals surface area contributed by atoms with Gasteiger partial charge in [-0.2, -0.15) is 5.10 Å². The third kappa shape index (κ3) is 4.34. The summed E-state index contributed by atoms with van der Waals surface area (Å²) in [6, 6.07) is 32.8. The minimum Gasteiger partial charge on any atom is -0.291 e. The topological polar surface area (TPSA) is 47.8 Å². The second-order valence-electron chi connectivity index (χ2n) is 7.68. The highest BCUT2D eigenvalue weighted by Gasteiger charge is 2.24. The number of benzene rings is 4. The number of hydrogen-bond acceptors (Lipinski definition) is 3. The van der Waals surface area contributed by atoms with Crippen molar-refractivity contribution in [2.75, 3.05) is 0 Å². The molecule has 0 saturated carbocycles. The average molecular weight is 450 g/mol. The van der Waals surface area contributed by atoms with Gasteiger partial charge in [-0.1, -0.05) is 103 Å². The first-order chi connectivity index (χ1) is 16.2. The molecule has 0 amide bonds. The predicted octanol–water partition coefficient (Wildman–Crippen LogP) is 6.74. The van der Waals surface area contributed by atoms with Crippen molar-refractivity contribution < 1.29 is 4.79 Å². The first-order valence-corrected chi connectivity index (χ1v) is 11.0. The summed E-state index contributed by atoms with van der Waals surface area (Å²) in [4.78, 5) is 17.4. The summed E-state index contributed by atoms with van der Waals surface area (Å²) in [5, 5.41) is 4.97. The Labute approximate surface area is 197 Å². The number of hydrogen-bond donors (Lipinski definition) is 0.